The van der Waals surface area contributed by atoms with E-state index in [9.17, 15) is 0 Å². The molecule has 15 heteroatoms. The zero-order valence-corrected chi connectivity index (χ0v) is 51.4. The Morgan fingerprint density at radius 2 is 0.787 bits per heavy atom. The molecule has 3 aliphatic rings. The first-order valence-corrected chi connectivity index (χ1v) is 29.5. The normalized spacial score (nSPS) is 16.1. The third kappa shape index (κ3) is 10.6. The zero-order chi connectivity index (χ0) is 72.1. The first-order chi connectivity index (χ1) is 47.7. The summed E-state index contributed by atoms with van der Waals surface area (Å²) in [6.45, 7) is -1.18. The lowest BCUT2D eigenvalue weighted by molar-refractivity contribution is -0.654. The van der Waals surface area contributed by atoms with Crippen LogP contribution in [-0.4, -0.2) is 71.1 Å². The number of furan rings is 3. The number of fused-ring (bicyclic) bond motifs is 9. The average Bonchev–Trinajstić information content (AvgIpc) is 1.67. The van der Waals surface area contributed by atoms with E-state index in [4.69, 9.17) is 29.7 Å². The smallest absolute Gasteiger partial charge is 0.402 e. The second-order valence-corrected chi connectivity index (χ2v) is 23.4. The van der Waals surface area contributed by atoms with Gasteiger partial charge in [-0.2, -0.15) is 0 Å². The van der Waals surface area contributed by atoms with Gasteiger partial charge in [-0.15, -0.1) is 0 Å². The quantitative estimate of drug-likeness (QED) is 0.139. The summed E-state index contributed by atoms with van der Waals surface area (Å²) < 4.78 is 118. The van der Waals surface area contributed by atoms with Gasteiger partial charge < -0.3 is 27.7 Å². The largest absolute Gasteiger partial charge is 0.438 e. The summed E-state index contributed by atoms with van der Waals surface area (Å²) in [5, 5.41) is 5.10. The third-order valence-corrected chi connectivity index (χ3v) is 17.4. The first kappa shape index (κ1) is 45.3. The molecule has 0 saturated carbocycles. The molecule has 12 nitrogen and oxygen atoms in total. The van der Waals surface area contributed by atoms with Gasteiger partial charge in [0.15, 0.2) is 35.4 Å². The van der Waals surface area contributed by atoms with Crippen LogP contribution in [0.3, 0.4) is 0 Å². The van der Waals surface area contributed by atoms with Crippen molar-refractivity contribution in [2.75, 3.05) is 21.1 Å². The van der Waals surface area contributed by atoms with Crippen molar-refractivity contribution in [1.29, 1.82) is 0 Å². The molecular weight excluding hydrogens is 1100 g/mol. The van der Waals surface area contributed by atoms with Gasteiger partial charge in [0.05, 0.1) is 0 Å². The topological polar surface area (TPSA) is 99.4 Å². The molecule has 0 spiro atoms. The van der Waals surface area contributed by atoms with Crippen molar-refractivity contribution < 1.29 is 43.4 Å². The van der Waals surface area contributed by atoms with Crippen LogP contribution in [-0.2, 0) is 21.1 Å². The van der Waals surface area contributed by atoms with E-state index in [0.717, 1.165) is 87.0 Å². The molecule has 0 bridgehead atoms. The van der Waals surface area contributed by atoms with Gasteiger partial charge in [0.1, 0.15) is 37.4 Å². The van der Waals surface area contributed by atoms with Crippen molar-refractivity contribution in [3.05, 3.63) is 230 Å². The zero-order valence-electron chi connectivity index (χ0n) is 63.4. The van der Waals surface area contributed by atoms with E-state index in [-0.39, 0.29) is 48.9 Å². The maximum Gasteiger partial charge on any atom is 0.402 e. The molecule has 0 saturated heterocycles. The van der Waals surface area contributed by atoms with Crippen LogP contribution in [0.1, 0.15) is 65.4 Å². The lowest BCUT2D eigenvalue weighted by atomic mass is 9.50. The highest BCUT2D eigenvalue weighted by Crippen LogP contribution is 2.25. The van der Waals surface area contributed by atoms with Crippen LogP contribution in [0.25, 0.3) is 102 Å². The van der Waals surface area contributed by atoms with Crippen LogP contribution in [0.4, 0.5) is 0 Å². The molecule has 9 aromatic heterocycles. The first-order valence-electron chi connectivity index (χ1n) is 35.5. The number of benzene rings is 3. The van der Waals surface area contributed by atoms with Crippen LogP contribution < -0.4 is 62.4 Å². The number of nitrogens with zero attached hydrogens (tertiary/aromatic N) is 9. The Bertz CT molecular complexity index is 5690. The van der Waals surface area contributed by atoms with Crippen LogP contribution in [0.2, 0.25) is 0 Å². The predicted octanol–water partition coefficient (Wildman–Crippen LogP) is 6.38. The van der Waals surface area contributed by atoms with Crippen molar-refractivity contribution >= 4 is 106 Å². The number of hydrogen-bond donors (Lipinski definition) is 0. The van der Waals surface area contributed by atoms with E-state index >= 15 is 0 Å². The maximum atomic E-state index is 8.11. The summed E-state index contributed by atoms with van der Waals surface area (Å²) in [5.41, 5.74) is 17.1. The monoisotopic (exact) mass is 1180 g/mol. The van der Waals surface area contributed by atoms with E-state index < -0.39 is 27.4 Å². The van der Waals surface area contributed by atoms with Gasteiger partial charge in [0, 0.05) is 101 Å². The summed E-state index contributed by atoms with van der Waals surface area (Å²) in [5.74, 6) is 0. The lowest BCUT2D eigenvalue weighted by Crippen LogP contribution is -2.62. The van der Waals surface area contributed by atoms with E-state index in [1.54, 1.807) is 36.5 Å². The van der Waals surface area contributed by atoms with E-state index in [1.807, 2.05) is 99.5 Å². The summed E-state index contributed by atoms with van der Waals surface area (Å²) in [6.07, 6.45) is 12.0. The highest BCUT2D eigenvalue weighted by Gasteiger charge is 2.39. The van der Waals surface area contributed by atoms with Gasteiger partial charge in [-0.25, -0.2) is 28.7 Å². The van der Waals surface area contributed by atoms with Crippen molar-refractivity contribution in [1.82, 2.24) is 29.4 Å². The second kappa shape index (κ2) is 23.3. The Kier molecular flexibility index (Phi) is 11.8. The molecule has 3 aromatic carbocycles. The number of hydrogen-bond acceptors (Lipinski definition) is 9. The molecule has 0 fully saturated rings. The van der Waals surface area contributed by atoms with Gasteiger partial charge >= 0.3 is 20.5 Å². The van der Waals surface area contributed by atoms with Crippen LogP contribution in [0.5, 0.6) is 0 Å². The Labute approximate surface area is 537 Å². The van der Waals surface area contributed by atoms with Crippen LogP contribution >= 0.6 is 0 Å². The second-order valence-electron chi connectivity index (χ2n) is 23.4. The molecule has 0 radical (unpaired) electrons. The molecule has 0 unspecified atom stereocenters. The summed E-state index contributed by atoms with van der Waals surface area (Å²) >= 11 is 0. The SMILES string of the molecule is [2H]C([2H])([2H])c1ccc2c3c(oc2n1)=C(C)B(c1cc(-c2ccccc2)c(C([2H])([2H])[2H])c[n+]1C)N(C)C=3.[2H]C([2H])([2H])c1ccc2c3c(oc2n1)=C(C)B(c1cc(-c2ccccc2)cc[n+]1C)N(C)C=3.[2H]C([2H])([2H])c1ccc2c3c(oc2n1)=C(C)B(c1cc(C)c(-c2ccccc2)c[n+]1C)N(C)C=3. The van der Waals surface area contributed by atoms with Gasteiger partial charge in [-0.3, -0.25) is 0 Å². The fourth-order valence-corrected chi connectivity index (χ4v) is 13.1. The number of rotatable bonds is 6. The molecule has 15 rings (SSSR count). The summed E-state index contributed by atoms with van der Waals surface area (Å²) in [7, 11) is 12.0. The van der Waals surface area contributed by atoms with E-state index in [0.29, 0.717) is 22.4 Å². The van der Waals surface area contributed by atoms with Crippen molar-refractivity contribution in [3.8, 4) is 33.4 Å². The van der Waals surface area contributed by atoms with Crippen molar-refractivity contribution in [2.24, 2.45) is 21.1 Å². The van der Waals surface area contributed by atoms with Gasteiger partial charge in [-0.05, 0) is 181 Å². The van der Waals surface area contributed by atoms with Gasteiger partial charge in [0.25, 0.3) is 0 Å². The predicted molar refractivity (Wildman–Crippen MR) is 363 cm³/mol. The number of pyridine rings is 6. The number of aryl methyl sites for hydroxylation is 8. The fraction of sp³-hybridized carbons (Fsp3) is 0.189. The Hall–Kier alpha value is -10.0. The molecule has 0 N–H and O–H groups in total. The Morgan fingerprint density at radius 3 is 1.21 bits per heavy atom. The maximum absolute atomic E-state index is 8.11. The lowest BCUT2D eigenvalue weighted by Gasteiger charge is -2.24. The molecule has 12 heterocycles. The standard InChI is InChI=1S/2C25H25BN3O.C24H23BN3O/c1-16-14-28(4)23(13-21(16)19-9-7-6-8-10-19)26-18(3)24-22(15-29(26)5)20-12-11-17(2)27-25(20)30-24;1-16-13-23(28(4)14-21(16)19-9-7-6-8-10-19)26-18(3)24-22(15-29(26)5)20-12-11-17(2)27-25(20)30-24;1-16-10-11-20-21-15-28(4)25(17(2)23(21)29-24(20)26-16)22-14-19(12-13-27(22)3)18-8-6-5-7-9-18/h2*6-15H,1-5H3;5-15H,1-4H3/q3*+1/i1D3,2D3;2D3;1D3. The molecule has 12 aromatic rings. The highest BCUT2D eigenvalue weighted by molar-refractivity contribution is 6.86. The molecule has 438 valence electrons. The van der Waals surface area contributed by atoms with Crippen LogP contribution in [0.15, 0.2) is 184 Å². The molecule has 89 heavy (non-hydrogen) atoms. The van der Waals surface area contributed by atoms with E-state index in [1.165, 1.54) is 28.3 Å². The van der Waals surface area contributed by atoms with Gasteiger partial charge in [0.2, 0.25) is 17.1 Å². The molecular formula is C74H73B3N9O3+3. The molecule has 0 aliphatic carbocycles. The molecule has 3 aliphatic heterocycles. The summed E-state index contributed by atoms with van der Waals surface area (Å²) in [4.78, 5) is 19.3. The minimum absolute atomic E-state index is 0.0113. The molecule has 0 atom stereocenters. The third-order valence-electron chi connectivity index (χ3n) is 17.4. The Balaban J connectivity index is 0.000000136. The summed E-state index contributed by atoms with van der Waals surface area (Å²) in [6, 6.07) is 48.7. The van der Waals surface area contributed by atoms with E-state index in [2.05, 4.69) is 160 Å². The van der Waals surface area contributed by atoms with Gasteiger partial charge in [-0.1, -0.05) is 91.0 Å². The van der Waals surface area contributed by atoms with Crippen molar-refractivity contribution in [2.45, 2.75) is 55.1 Å². The average molecular weight is 1180 g/mol. The molecule has 0 amide bonds. The van der Waals surface area contributed by atoms with Crippen LogP contribution in [0, 0.1) is 34.3 Å². The fourth-order valence-electron chi connectivity index (χ4n) is 13.1. The number of aromatic nitrogens is 6. The minimum Gasteiger partial charge on any atom is -0.438 e. The highest BCUT2D eigenvalue weighted by atomic mass is 16.3. The van der Waals surface area contributed by atoms with Crippen molar-refractivity contribution in [3.63, 3.8) is 0 Å². The minimum atomic E-state index is -2.32. The Morgan fingerprint density at radius 1 is 0.393 bits per heavy atom.